The van der Waals surface area contributed by atoms with Gasteiger partial charge in [-0.25, -0.2) is 0 Å². The number of benzene rings is 2. The molecule has 1 aliphatic heterocycles. The number of nitrogens with zero attached hydrogens (tertiary/aromatic N) is 2. The Morgan fingerprint density at radius 2 is 1.78 bits per heavy atom. The predicted molar refractivity (Wildman–Crippen MR) is 120 cm³/mol. The number of amides is 3. The average molecular weight is 440 g/mol. The molecule has 2 aromatic carbocycles. The number of carbonyl (C=O) groups is 3. The van der Waals surface area contributed by atoms with Gasteiger partial charge in [0.1, 0.15) is 0 Å². The predicted octanol–water partition coefficient (Wildman–Crippen LogP) is 2.20. The molecule has 2 aromatic rings. The Balaban J connectivity index is 1.67. The summed E-state index contributed by atoms with van der Waals surface area (Å²) in [6.07, 6.45) is -0.789. The van der Waals surface area contributed by atoms with Gasteiger partial charge in [0.15, 0.2) is 17.6 Å². The number of piperazine rings is 1. The van der Waals surface area contributed by atoms with Crippen LogP contribution in [0.2, 0.25) is 0 Å². The van der Waals surface area contributed by atoms with Crippen LogP contribution >= 0.6 is 0 Å². The molecule has 0 aliphatic carbocycles. The van der Waals surface area contributed by atoms with Crippen LogP contribution in [0.25, 0.3) is 0 Å². The Bertz CT molecular complexity index is 979. The lowest BCUT2D eigenvalue weighted by molar-refractivity contribution is -0.142. The van der Waals surface area contributed by atoms with Crippen LogP contribution in [0.3, 0.4) is 0 Å². The number of para-hydroxylation sites is 1. The molecule has 1 unspecified atom stereocenters. The molecule has 1 aliphatic rings. The molecule has 0 bridgehead atoms. The van der Waals surface area contributed by atoms with E-state index in [4.69, 9.17) is 9.47 Å². The Morgan fingerprint density at radius 1 is 1.06 bits per heavy atom. The van der Waals surface area contributed by atoms with Crippen molar-refractivity contribution in [3.8, 4) is 11.5 Å². The molecule has 2 atom stereocenters. The third-order valence-corrected chi connectivity index (χ3v) is 5.52. The Hall–Kier alpha value is -3.55. The number of ether oxygens (including phenoxy) is 2. The van der Waals surface area contributed by atoms with Crippen LogP contribution < -0.4 is 14.8 Å². The molecule has 0 spiro atoms. The molecule has 170 valence electrons. The topological polar surface area (TPSA) is 88.2 Å². The number of methoxy groups -OCH3 is 1. The lowest BCUT2D eigenvalue weighted by atomic mass is 10.1. The molecule has 1 N–H and O–H groups in total. The highest BCUT2D eigenvalue weighted by molar-refractivity contribution is 5.97. The molecule has 0 aromatic heterocycles. The maximum atomic E-state index is 13.1. The van der Waals surface area contributed by atoms with E-state index in [0.29, 0.717) is 36.5 Å². The van der Waals surface area contributed by atoms with E-state index in [0.717, 1.165) is 0 Å². The van der Waals surface area contributed by atoms with Gasteiger partial charge in [0, 0.05) is 38.3 Å². The van der Waals surface area contributed by atoms with Gasteiger partial charge in [-0.15, -0.1) is 0 Å². The van der Waals surface area contributed by atoms with E-state index in [1.54, 1.807) is 47.1 Å². The number of hydrogen-bond donors (Lipinski definition) is 1. The first-order valence-electron chi connectivity index (χ1n) is 10.6. The second-order valence-electron chi connectivity index (χ2n) is 7.67. The fourth-order valence-electron chi connectivity index (χ4n) is 3.84. The van der Waals surface area contributed by atoms with Gasteiger partial charge in [-0.05, 0) is 38.1 Å². The van der Waals surface area contributed by atoms with Crippen molar-refractivity contribution in [1.82, 2.24) is 15.1 Å². The molecule has 1 heterocycles. The SMILES string of the molecule is CNC(=O)c1cccc(OC(C)C(=O)N2CCN(C(=O)c3ccccc3)C[C@H]2C)c1OC. The summed E-state index contributed by atoms with van der Waals surface area (Å²) in [7, 11) is 2.98. The first-order chi connectivity index (χ1) is 15.4. The quantitative estimate of drug-likeness (QED) is 0.746. The third kappa shape index (κ3) is 4.85. The molecular weight excluding hydrogens is 410 g/mol. The molecule has 8 nitrogen and oxygen atoms in total. The van der Waals surface area contributed by atoms with E-state index in [9.17, 15) is 14.4 Å². The largest absolute Gasteiger partial charge is 0.492 e. The van der Waals surface area contributed by atoms with Crippen molar-refractivity contribution < 1.29 is 23.9 Å². The second-order valence-corrected chi connectivity index (χ2v) is 7.67. The standard InChI is InChI=1S/C24H29N3O5/c1-16-15-26(24(30)18-9-6-5-7-10-18)13-14-27(16)23(29)17(2)32-20-12-8-11-19(21(20)31-4)22(28)25-3/h5-12,16-17H,13-15H2,1-4H3,(H,25,28)/t16-,17?/m1/s1. The van der Waals surface area contributed by atoms with Crippen LogP contribution in [-0.2, 0) is 4.79 Å². The van der Waals surface area contributed by atoms with Crippen molar-refractivity contribution in [2.45, 2.75) is 26.0 Å². The number of rotatable bonds is 6. The molecule has 3 rings (SSSR count). The second kappa shape index (κ2) is 10.2. The highest BCUT2D eigenvalue weighted by Gasteiger charge is 2.33. The molecule has 1 saturated heterocycles. The molecule has 0 radical (unpaired) electrons. The minimum Gasteiger partial charge on any atom is -0.492 e. The molecule has 1 fully saturated rings. The van der Waals surface area contributed by atoms with E-state index >= 15 is 0 Å². The monoisotopic (exact) mass is 439 g/mol. The van der Waals surface area contributed by atoms with E-state index in [2.05, 4.69) is 5.32 Å². The van der Waals surface area contributed by atoms with E-state index in [-0.39, 0.29) is 29.5 Å². The average Bonchev–Trinajstić information content (AvgIpc) is 2.82. The zero-order valence-electron chi connectivity index (χ0n) is 18.8. The number of hydrogen-bond acceptors (Lipinski definition) is 5. The highest BCUT2D eigenvalue weighted by Crippen LogP contribution is 2.32. The number of nitrogens with one attached hydrogen (secondary N) is 1. The van der Waals surface area contributed by atoms with Gasteiger partial charge in [0.05, 0.1) is 12.7 Å². The Morgan fingerprint density at radius 3 is 2.41 bits per heavy atom. The van der Waals surface area contributed by atoms with Crippen LogP contribution in [0.15, 0.2) is 48.5 Å². The van der Waals surface area contributed by atoms with Crippen molar-refractivity contribution >= 4 is 17.7 Å². The van der Waals surface area contributed by atoms with Crippen molar-refractivity contribution in [2.24, 2.45) is 0 Å². The zero-order valence-corrected chi connectivity index (χ0v) is 18.8. The van der Waals surface area contributed by atoms with Crippen LogP contribution in [0.1, 0.15) is 34.6 Å². The molecular formula is C24H29N3O5. The van der Waals surface area contributed by atoms with E-state index in [1.165, 1.54) is 14.2 Å². The van der Waals surface area contributed by atoms with Crippen molar-refractivity contribution in [3.63, 3.8) is 0 Å². The molecule has 3 amide bonds. The maximum absolute atomic E-state index is 13.1. The summed E-state index contributed by atoms with van der Waals surface area (Å²) < 4.78 is 11.3. The number of carbonyl (C=O) groups excluding carboxylic acids is 3. The summed E-state index contributed by atoms with van der Waals surface area (Å²) in [5, 5.41) is 2.56. The zero-order chi connectivity index (χ0) is 23.3. The summed E-state index contributed by atoms with van der Waals surface area (Å²) >= 11 is 0. The van der Waals surface area contributed by atoms with Crippen molar-refractivity contribution in [2.75, 3.05) is 33.8 Å². The Labute approximate surface area is 188 Å². The van der Waals surface area contributed by atoms with Crippen molar-refractivity contribution in [3.05, 3.63) is 59.7 Å². The van der Waals surface area contributed by atoms with E-state index in [1.807, 2.05) is 25.1 Å². The van der Waals surface area contributed by atoms with Crippen LogP contribution in [0, 0.1) is 0 Å². The molecule has 8 heteroatoms. The van der Waals surface area contributed by atoms with Crippen LogP contribution in [-0.4, -0.2) is 73.5 Å². The van der Waals surface area contributed by atoms with Gasteiger partial charge < -0.3 is 24.6 Å². The van der Waals surface area contributed by atoms with Gasteiger partial charge in [0.2, 0.25) is 0 Å². The minimum atomic E-state index is -0.789. The van der Waals surface area contributed by atoms with Crippen LogP contribution in [0.5, 0.6) is 11.5 Å². The molecule has 32 heavy (non-hydrogen) atoms. The first-order valence-corrected chi connectivity index (χ1v) is 10.6. The fourth-order valence-corrected chi connectivity index (χ4v) is 3.84. The molecule has 0 saturated carbocycles. The normalized spacial score (nSPS) is 16.8. The third-order valence-electron chi connectivity index (χ3n) is 5.52. The van der Waals surface area contributed by atoms with Gasteiger partial charge in [-0.1, -0.05) is 24.3 Å². The van der Waals surface area contributed by atoms with Gasteiger partial charge >= 0.3 is 0 Å². The summed E-state index contributed by atoms with van der Waals surface area (Å²) in [5.41, 5.74) is 0.966. The summed E-state index contributed by atoms with van der Waals surface area (Å²) in [4.78, 5) is 41.4. The summed E-state index contributed by atoms with van der Waals surface area (Å²) in [6.45, 7) is 4.90. The van der Waals surface area contributed by atoms with Crippen molar-refractivity contribution in [1.29, 1.82) is 0 Å². The summed E-state index contributed by atoms with van der Waals surface area (Å²) in [5.74, 6) is 0.0678. The lowest BCUT2D eigenvalue weighted by Crippen LogP contribution is -2.57. The minimum absolute atomic E-state index is 0.0374. The van der Waals surface area contributed by atoms with Gasteiger partial charge in [0.25, 0.3) is 17.7 Å². The summed E-state index contributed by atoms with van der Waals surface area (Å²) in [6, 6.07) is 13.9. The smallest absolute Gasteiger partial charge is 0.263 e. The lowest BCUT2D eigenvalue weighted by Gasteiger charge is -2.40. The van der Waals surface area contributed by atoms with E-state index < -0.39 is 6.10 Å². The Kier molecular flexibility index (Phi) is 7.35. The van der Waals surface area contributed by atoms with Crippen LogP contribution in [0.4, 0.5) is 0 Å². The maximum Gasteiger partial charge on any atom is 0.263 e. The highest BCUT2D eigenvalue weighted by atomic mass is 16.5. The fraction of sp³-hybridized carbons (Fsp3) is 0.375. The first kappa shape index (κ1) is 23.1. The van der Waals surface area contributed by atoms with Gasteiger partial charge in [-0.2, -0.15) is 0 Å². The van der Waals surface area contributed by atoms with Gasteiger partial charge in [-0.3, -0.25) is 14.4 Å².